The van der Waals surface area contributed by atoms with Gasteiger partial charge >= 0.3 is 11.9 Å². The Morgan fingerprint density at radius 3 is 2.53 bits per heavy atom. The van der Waals surface area contributed by atoms with E-state index in [9.17, 15) is 14.4 Å². The summed E-state index contributed by atoms with van der Waals surface area (Å²) in [7, 11) is 0. The lowest BCUT2D eigenvalue weighted by atomic mass is 10.1. The molecule has 1 aromatic carbocycles. The molecule has 0 aliphatic carbocycles. The summed E-state index contributed by atoms with van der Waals surface area (Å²) in [6.45, 7) is 2.25. The van der Waals surface area contributed by atoms with Crippen LogP contribution in [0, 0.1) is 0 Å². The molecule has 0 radical (unpaired) electrons. The van der Waals surface area contributed by atoms with Gasteiger partial charge in [0.2, 0.25) is 6.23 Å². The van der Waals surface area contributed by atoms with Crippen molar-refractivity contribution < 1.29 is 23.9 Å². The number of amides is 1. The lowest BCUT2D eigenvalue weighted by molar-refractivity contribution is -0.161. The molecule has 6 nitrogen and oxygen atoms in total. The quantitative estimate of drug-likeness (QED) is 0.767. The molecule has 0 fully saturated rings. The Balaban J connectivity index is 2.29. The first-order valence-electron chi connectivity index (χ1n) is 5.71. The monoisotopic (exact) mass is 263 g/mol. The maximum absolute atomic E-state index is 12.1. The first kappa shape index (κ1) is 13.1. The molecule has 0 saturated carbocycles. The van der Waals surface area contributed by atoms with Gasteiger partial charge in [0.25, 0.3) is 5.91 Å². The highest BCUT2D eigenvalue weighted by atomic mass is 16.6. The van der Waals surface area contributed by atoms with Gasteiger partial charge in [-0.3, -0.25) is 19.3 Å². The van der Waals surface area contributed by atoms with Crippen LogP contribution in [0.15, 0.2) is 24.3 Å². The summed E-state index contributed by atoms with van der Waals surface area (Å²) in [5.41, 5.74) is 1.04. The summed E-state index contributed by atoms with van der Waals surface area (Å²) >= 11 is 0. The number of benzene rings is 1. The largest absolute Gasteiger partial charge is 0.444 e. The van der Waals surface area contributed by atoms with Crippen molar-refractivity contribution in [1.82, 2.24) is 4.90 Å². The Morgan fingerprint density at radius 1 is 1.21 bits per heavy atom. The summed E-state index contributed by atoms with van der Waals surface area (Å²) in [5, 5.41) is 0. The Hall–Kier alpha value is -2.37. The van der Waals surface area contributed by atoms with E-state index in [2.05, 4.69) is 0 Å². The first-order valence-corrected chi connectivity index (χ1v) is 5.71. The smallest absolute Gasteiger partial charge is 0.304 e. The summed E-state index contributed by atoms with van der Waals surface area (Å²) in [6, 6.07) is 6.81. The van der Waals surface area contributed by atoms with Crippen molar-refractivity contribution >= 4 is 17.8 Å². The van der Waals surface area contributed by atoms with Crippen molar-refractivity contribution in [3.8, 4) is 0 Å². The molecule has 1 heterocycles. The second kappa shape index (κ2) is 5.09. The number of esters is 2. The van der Waals surface area contributed by atoms with E-state index in [0.717, 1.165) is 0 Å². The van der Waals surface area contributed by atoms with E-state index in [-0.39, 0.29) is 12.6 Å². The van der Waals surface area contributed by atoms with Gasteiger partial charge in [-0.15, -0.1) is 0 Å². The van der Waals surface area contributed by atoms with Crippen LogP contribution in [-0.2, 0) is 19.1 Å². The van der Waals surface area contributed by atoms with E-state index < -0.39 is 18.2 Å². The average molecular weight is 263 g/mol. The summed E-state index contributed by atoms with van der Waals surface area (Å²) in [5.74, 6) is -1.35. The topological polar surface area (TPSA) is 72.9 Å². The van der Waals surface area contributed by atoms with Gasteiger partial charge in [0.1, 0.15) is 0 Å². The SMILES string of the molecule is CC(=O)OCN1C(=O)c2ccccc2C1OC(C)=O. The van der Waals surface area contributed by atoms with Gasteiger partial charge in [-0.25, -0.2) is 0 Å². The number of ether oxygens (including phenoxy) is 2. The zero-order valence-corrected chi connectivity index (χ0v) is 10.6. The van der Waals surface area contributed by atoms with Crippen LogP contribution in [0.5, 0.6) is 0 Å². The molecule has 0 N–H and O–H groups in total. The normalized spacial score (nSPS) is 17.1. The number of hydrogen-bond acceptors (Lipinski definition) is 5. The van der Waals surface area contributed by atoms with E-state index in [0.29, 0.717) is 11.1 Å². The van der Waals surface area contributed by atoms with Crippen molar-refractivity contribution in [2.24, 2.45) is 0 Å². The van der Waals surface area contributed by atoms with Crippen LogP contribution >= 0.6 is 0 Å². The van der Waals surface area contributed by atoms with E-state index in [1.165, 1.54) is 18.7 Å². The molecule has 6 heteroatoms. The molecular weight excluding hydrogens is 250 g/mol. The maximum atomic E-state index is 12.1. The summed E-state index contributed by atoms with van der Waals surface area (Å²) < 4.78 is 9.94. The molecule has 19 heavy (non-hydrogen) atoms. The van der Waals surface area contributed by atoms with Crippen molar-refractivity contribution in [2.75, 3.05) is 6.73 Å². The standard InChI is InChI=1S/C13H13NO5/c1-8(15)18-7-14-12(17)10-5-3-4-6-11(10)13(14)19-9(2)16/h3-6,13H,7H2,1-2H3. The highest BCUT2D eigenvalue weighted by Gasteiger charge is 2.39. The number of nitrogens with zero attached hydrogens (tertiary/aromatic N) is 1. The third-order valence-corrected chi connectivity index (χ3v) is 2.69. The molecule has 1 aromatic rings. The number of rotatable bonds is 3. The van der Waals surface area contributed by atoms with Crippen LogP contribution in [0.1, 0.15) is 36.0 Å². The third-order valence-electron chi connectivity index (χ3n) is 2.69. The van der Waals surface area contributed by atoms with Crippen LogP contribution in [0.4, 0.5) is 0 Å². The maximum Gasteiger partial charge on any atom is 0.304 e. The molecule has 0 saturated heterocycles. The van der Waals surface area contributed by atoms with Gasteiger partial charge in [-0.2, -0.15) is 0 Å². The van der Waals surface area contributed by atoms with Crippen LogP contribution in [-0.4, -0.2) is 29.5 Å². The lowest BCUT2D eigenvalue weighted by Gasteiger charge is -2.23. The molecule has 0 bridgehead atoms. The average Bonchev–Trinajstić information content (AvgIpc) is 2.60. The minimum atomic E-state index is -0.847. The zero-order chi connectivity index (χ0) is 14.0. The predicted octanol–water partition coefficient (Wildman–Crippen LogP) is 1.22. The number of hydrogen-bond donors (Lipinski definition) is 0. The fourth-order valence-corrected chi connectivity index (χ4v) is 1.91. The van der Waals surface area contributed by atoms with E-state index in [1.54, 1.807) is 24.3 Å². The van der Waals surface area contributed by atoms with E-state index in [4.69, 9.17) is 9.47 Å². The Bertz CT molecular complexity index is 540. The van der Waals surface area contributed by atoms with Gasteiger partial charge in [0.15, 0.2) is 6.73 Å². The molecule has 1 amide bonds. The van der Waals surface area contributed by atoms with Gasteiger partial charge in [0, 0.05) is 25.0 Å². The number of fused-ring (bicyclic) bond motifs is 1. The van der Waals surface area contributed by atoms with Crippen molar-refractivity contribution in [2.45, 2.75) is 20.1 Å². The van der Waals surface area contributed by atoms with Crippen molar-refractivity contribution in [3.63, 3.8) is 0 Å². The third kappa shape index (κ3) is 2.57. The van der Waals surface area contributed by atoms with Crippen LogP contribution in [0.2, 0.25) is 0 Å². The van der Waals surface area contributed by atoms with Crippen LogP contribution in [0.3, 0.4) is 0 Å². The van der Waals surface area contributed by atoms with Crippen molar-refractivity contribution in [1.29, 1.82) is 0 Å². The first-order chi connectivity index (χ1) is 9.00. The van der Waals surface area contributed by atoms with E-state index >= 15 is 0 Å². The summed E-state index contributed by atoms with van der Waals surface area (Å²) in [6.07, 6.45) is -0.847. The van der Waals surface area contributed by atoms with Crippen molar-refractivity contribution in [3.05, 3.63) is 35.4 Å². The zero-order valence-electron chi connectivity index (χ0n) is 10.6. The van der Waals surface area contributed by atoms with Gasteiger partial charge < -0.3 is 9.47 Å². The minimum absolute atomic E-state index is 0.249. The highest BCUT2D eigenvalue weighted by molar-refractivity contribution is 5.99. The Kier molecular flexibility index (Phi) is 3.50. The minimum Gasteiger partial charge on any atom is -0.444 e. The fourth-order valence-electron chi connectivity index (χ4n) is 1.91. The van der Waals surface area contributed by atoms with Crippen LogP contribution in [0.25, 0.3) is 0 Å². The van der Waals surface area contributed by atoms with Gasteiger partial charge in [-0.1, -0.05) is 18.2 Å². The molecular formula is C13H13NO5. The number of carbonyl (C=O) groups is 3. The molecule has 0 aromatic heterocycles. The lowest BCUT2D eigenvalue weighted by Crippen LogP contribution is -2.33. The summed E-state index contributed by atoms with van der Waals surface area (Å²) in [4.78, 5) is 35.3. The number of carbonyl (C=O) groups excluding carboxylic acids is 3. The fraction of sp³-hybridized carbons (Fsp3) is 0.308. The molecule has 100 valence electrons. The molecule has 1 aliphatic rings. The molecule has 1 aliphatic heterocycles. The Morgan fingerprint density at radius 2 is 1.89 bits per heavy atom. The second-order valence-corrected chi connectivity index (χ2v) is 4.09. The van der Waals surface area contributed by atoms with E-state index in [1.807, 2.05) is 0 Å². The van der Waals surface area contributed by atoms with Crippen LogP contribution < -0.4 is 0 Å². The molecule has 2 rings (SSSR count). The van der Waals surface area contributed by atoms with Gasteiger partial charge in [0.05, 0.1) is 0 Å². The molecule has 1 atom stereocenters. The predicted molar refractivity (Wildman–Crippen MR) is 63.8 cm³/mol. The second-order valence-electron chi connectivity index (χ2n) is 4.09. The molecule has 0 spiro atoms. The highest BCUT2D eigenvalue weighted by Crippen LogP contribution is 2.34. The Labute approximate surface area is 109 Å². The van der Waals surface area contributed by atoms with Gasteiger partial charge in [-0.05, 0) is 6.07 Å². The molecule has 1 unspecified atom stereocenters.